The van der Waals surface area contributed by atoms with Crippen molar-refractivity contribution < 1.29 is 9.18 Å². The molecule has 2 aromatic carbocycles. The first-order valence-electron chi connectivity index (χ1n) is 10.0. The summed E-state index contributed by atoms with van der Waals surface area (Å²) in [6, 6.07) is 14.1. The number of rotatable bonds is 4. The number of halogens is 2. The Bertz CT molecular complexity index is 1060. The van der Waals surface area contributed by atoms with E-state index in [4.69, 9.17) is 11.6 Å². The smallest absolute Gasteiger partial charge is 0.257 e. The first-order valence-corrected chi connectivity index (χ1v) is 10.4. The molecule has 0 N–H and O–H groups in total. The molecule has 4 rings (SSSR count). The molecule has 0 aliphatic carbocycles. The van der Waals surface area contributed by atoms with Gasteiger partial charge in [0.1, 0.15) is 5.82 Å². The molecule has 2 heterocycles. The summed E-state index contributed by atoms with van der Waals surface area (Å²) in [7, 11) is 0. The van der Waals surface area contributed by atoms with Crippen LogP contribution in [0.3, 0.4) is 0 Å². The third-order valence-electron chi connectivity index (χ3n) is 5.63. The van der Waals surface area contributed by atoms with Gasteiger partial charge in [0, 0.05) is 42.6 Å². The fraction of sp³-hybridized carbons (Fsp3) is 0.304. The third kappa shape index (κ3) is 4.05. The molecule has 1 aromatic heterocycles. The molecule has 0 saturated carbocycles. The minimum absolute atomic E-state index is 0.00849. The number of aryl methyl sites for hydroxylation is 1. The van der Waals surface area contributed by atoms with Crippen molar-refractivity contribution in [2.75, 3.05) is 31.1 Å². The van der Waals surface area contributed by atoms with Crippen LogP contribution in [0, 0.1) is 19.7 Å². The number of hydrogen-bond donors (Lipinski definition) is 0. The number of anilines is 1. The summed E-state index contributed by atoms with van der Waals surface area (Å²) in [6.07, 6.45) is 0. The Morgan fingerprint density at radius 3 is 2.37 bits per heavy atom. The Morgan fingerprint density at radius 2 is 1.70 bits per heavy atom. The molecule has 5 nitrogen and oxygen atoms in total. The molecule has 0 bridgehead atoms. The molecule has 0 radical (unpaired) electrons. The van der Waals surface area contributed by atoms with Crippen LogP contribution in [0.5, 0.6) is 0 Å². The van der Waals surface area contributed by atoms with E-state index in [9.17, 15) is 9.18 Å². The summed E-state index contributed by atoms with van der Waals surface area (Å²) in [6.45, 7) is 6.98. The highest BCUT2D eigenvalue weighted by atomic mass is 35.5. The van der Waals surface area contributed by atoms with Crippen LogP contribution < -0.4 is 4.90 Å². The molecule has 0 atom stereocenters. The average molecular weight is 427 g/mol. The zero-order valence-electron chi connectivity index (χ0n) is 17.1. The maximum Gasteiger partial charge on any atom is 0.257 e. The van der Waals surface area contributed by atoms with Crippen molar-refractivity contribution in [1.82, 2.24) is 14.7 Å². The van der Waals surface area contributed by atoms with Gasteiger partial charge in [0.25, 0.3) is 5.91 Å². The quantitative estimate of drug-likeness (QED) is 0.624. The summed E-state index contributed by atoms with van der Waals surface area (Å²) < 4.78 is 15.0. The Balaban J connectivity index is 1.47. The van der Waals surface area contributed by atoms with Crippen molar-refractivity contribution in [2.45, 2.75) is 20.4 Å². The van der Waals surface area contributed by atoms with E-state index in [0.717, 1.165) is 22.6 Å². The lowest BCUT2D eigenvalue weighted by Crippen LogP contribution is -2.49. The molecule has 1 saturated heterocycles. The van der Waals surface area contributed by atoms with E-state index in [1.54, 1.807) is 12.1 Å². The Labute approximate surface area is 180 Å². The van der Waals surface area contributed by atoms with E-state index in [1.165, 1.54) is 12.1 Å². The van der Waals surface area contributed by atoms with E-state index in [0.29, 0.717) is 43.3 Å². The van der Waals surface area contributed by atoms with E-state index in [2.05, 4.69) is 10.00 Å². The molecule has 30 heavy (non-hydrogen) atoms. The lowest BCUT2D eigenvalue weighted by Gasteiger charge is -2.36. The SMILES string of the molecule is Cc1nn(Cc2ccccc2Cl)c(C)c1C(=O)N1CCN(c2ccc(F)cc2)CC1. The fourth-order valence-corrected chi connectivity index (χ4v) is 4.12. The monoisotopic (exact) mass is 426 g/mol. The Kier molecular flexibility index (Phi) is 5.77. The zero-order valence-corrected chi connectivity index (χ0v) is 17.9. The lowest BCUT2D eigenvalue weighted by molar-refractivity contribution is 0.0745. The second-order valence-corrected chi connectivity index (χ2v) is 7.96. The summed E-state index contributed by atoms with van der Waals surface area (Å²) in [5, 5.41) is 5.29. The fourth-order valence-electron chi connectivity index (χ4n) is 3.93. The predicted octanol–water partition coefficient (Wildman–Crippen LogP) is 4.30. The van der Waals surface area contributed by atoms with Gasteiger partial charge in [-0.1, -0.05) is 29.8 Å². The lowest BCUT2D eigenvalue weighted by atomic mass is 10.1. The topological polar surface area (TPSA) is 41.4 Å². The Morgan fingerprint density at radius 1 is 1.03 bits per heavy atom. The van der Waals surface area contributed by atoms with Crippen LogP contribution in [-0.4, -0.2) is 46.8 Å². The number of hydrogen-bond acceptors (Lipinski definition) is 3. The molecule has 0 spiro atoms. The van der Waals surface area contributed by atoms with Gasteiger partial charge in [-0.2, -0.15) is 5.10 Å². The van der Waals surface area contributed by atoms with Crippen LogP contribution in [0.2, 0.25) is 5.02 Å². The van der Waals surface area contributed by atoms with Gasteiger partial charge in [0.05, 0.1) is 17.8 Å². The van der Waals surface area contributed by atoms with Crippen molar-refractivity contribution in [3.63, 3.8) is 0 Å². The first kappa shape index (κ1) is 20.4. The van der Waals surface area contributed by atoms with Gasteiger partial charge in [0.15, 0.2) is 0 Å². The minimum Gasteiger partial charge on any atom is -0.368 e. The molecule has 156 valence electrons. The number of nitrogens with zero attached hydrogens (tertiary/aromatic N) is 4. The van der Waals surface area contributed by atoms with Crippen molar-refractivity contribution in [3.05, 3.63) is 81.9 Å². The standard InChI is InChI=1S/C23H24ClFN4O/c1-16-22(17(2)29(26-16)15-18-5-3-4-6-21(18)24)23(30)28-13-11-27(12-14-28)20-9-7-19(25)8-10-20/h3-10H,11-15H2,1-2H3. The van der Waals surface area contributed by atoms with Crippen molar-refractivity contribution in [1.29, 1.82) is 0 Å². The van der Waals surface area contributed by atoms with Gasteiger partial charge in [0.2, 0.25) is 0 Å². The molecule has 7 heteroatoms. The van der Waals surface area contributed by atoms with Gasteiger partial charge in [-0.3, -0.25) is 9.48 Å². The molecular weight excluding hydrogens is 403 g/mol. The molecule has 0 unspecified atom stereocenters. The number of piperazine rings is 1. The number of aromatic nitrogens is 2. The molecule has 1 amide bonds. The molecular formula is C23H24ClFN4O. The van der Waals surface area contributed by atoms with Crippen molar-refractivity contribution >= 4 is 23.2 Å². The highest BCUT2D eigenvalue weighted by molar-refractivity contribution is 6.31. The maximum atomic E-state index is 13.2. The minimum atomic E-state index is -0.243. The molecule has 1 aliphatic heterocycles. The van der Waals surface area contributed by atoms with Crippen LogP contribution in [0.15, 0.2) is 48.5 Å². The second kappa shape index (κ2) is 8.48. The van der Waals surface area contributed by atoms with Gasteiger partial charge in [-0.15, -0.1) is 0 Å². The maximum absolute atomic E-state index is 13.2. The number of benzene rings is 2. The van der Waals surface area contributed by atoms with E-state index in [-0.39, 0.29) is 11.7 Å². The molecule has 1 fully saturated rings. The van der Waals surface area contributed by atoms with Crippen LogP contribution in [-0.2, 0) is 6.54 Å². The number of carbonyl (C=O) groups is 1. The van der Waals surface area contributed by atoms with Gasteiger partial charge >= 0.3 is 0 Å². The summed E-state index contributed by atoms with van der Waals surface area (Å²) in [4.78, 5) is 17.3. The molecule has 3 aromatic rings. The Hall–Kier alpha value is -2.86. The van der Waals surface area contributed by atoms with Gasteiger partial charge in [-0.25, -0.2) is 4.39 Å². The average Bonchev–Trinajstić information content (AvgIpc) is 3.03. The highest BCUT2D eigenvalue weighted by Gasteiger charge is 2.27. The predicted molar refractivity (Wildman–Crippen MR) is 117 cm³/mol. The van der Waals surface area contributed by atoms with Crippen molar-refractivity contribution in [3.8, 4) is 0 Å². The number of amides is 1. The van der Waals surface area contributed by atoms with Crippen LogP contribution in [0.1, 0.15) is 27.3 Å². The summed E-state index contributed by atoms with van der Waals surface area (Å²) >= 11 is 6.29. The summed E-state index contributed by atoms with van der Waals surface area (Å²) in [5.74, 6) is -0.235. The van der Waals surface area contributed by atoms with Gasteiger partial charge in [-0.05, 0) is 49.7 Å². The van der Waals surface area contributed by atoms with E-state index in [1.807, 2.05) is 47.7 Å². The van der Waals surface area contributed by atoms with Crippen LogP contribution in [0.25, 0.3) is 0 Å². The normalized spacial score (nSPS) is 14.3. The van der Waals surface area contributed by atoms with E-state index < -0.39 is 0 Å². The van der Waals surface area contributed by atoms with Gasteiger partial charge < -0.3 is 9.80 Å². The molecule has 1 aliphatic rings. The number of carbonyl (C=O) groups excluding carboxylic acids is 1. The largest absolute Gasteiger partial charge is 0.368 e. The van der Waals surface area contributed by atoms with E-state index >= 15 is 0 Å². The van der Waals surface area contributed by atoms with Crippen molar-refractivity contribution in [2.24, 2.45) is 0 Å². The highest BCUT2D eigenvalue weighted by Crippen LogP contribution is 2.22. The third-order valence-corrected chi connectivity index (χ3v) is 6.00. The second-order valence-electron chi connectivity index (χ2n) is 7.55. The van der Waals surface area contributed by atoms with Crippen LogP contribution >= 0.6 is 11.6 Å². The summed E-state index contributed by atoms with van der Waals surface area (Å²) in [5.41, 5.74) is 4.18. The van der Waals surface area contributed by atoms with Crippen LogP contribution in [0.4, 0.5) is 10.1 Å². The first-order chi connectivity index (χ1) is 14.4. The zero-order chi connectivity index (χ0) is 21.3.